The van der Waals surface area contributed by atoms with Crippen molar-refractivity contribution in [2.24, 2.45) is 0 Å². The number of anilines is 2. The molecular weight excluding hydrogens is 264 g/mol. The van der Waals surface area contributed by atoms with Crippen LogP contribution in [0.15, 0.2) is 30.3 Å². The molecule has 0 aliphatic carbocycles. The molecule has 0 spiro atoms. The van der Waals surface area contributed by atoms with Crippen LogP contribution in [0.5, 0.6) is 0 Å². The highest BCUT2D eigenvalue weighted by molar-refractivity contribution is 6.19. The van der Waals surface area contributed by atoms with Crippen LogP contribution in [0.2, 0.25) is 0 Å². The Balaban J connectivity index is 2.26. The van der Waals surface area contributed by atoms with Gasteiger partial charge in [-0.3, -0.25) is 5.32 Å². The first-order valence-corrected chi connectivity index (χ1v) is 6.59. The van der Waals surface area contributed by atoms with E-state index in [1.165, 1.54) is 5.56 Å². The fourth-order valence-electron chi connectivity index (χ4n) is 2.67. The maximum absolute atomic E-state index is 10.9. The van der Waals surface area contributed by atoms with Crippen molar-refractivity contribution in [2.75, 3.05) is 23.1 Å². The van der Waals surface area contributed by atoms with Gasteiger partial charge in [0.1, 0.15) is 0 Å². The Kier molecular flexibility index (Phi) is 2.95. The van der Waals surface area contributed by atoms with Gasteiger partial charge in [-0.2, -0.15) is 0 Å². The molecular formula is C14H13ClN2O2. The van der Waals surface area contributed by atoms with Gasteiger partial charge < -0.3 is 10.4 Å². The highest BCUT2D eigenvalue weighted by Crippen LogP contribution is 2.41. The van der Waals surface area contributed by atoms with Gasteiger partial charge in [0.25, 0.3) is 0 Å². The van der Waals surface area contributed by atoms with Crippen molar-refractivity contribution in [3.63, 3.8) is 0 Å². The molecule has 2 aromatic rings. The molecule has 0 bridgehead atoms. The first kappa shape index (κ1) is 12.1. The molecule has 5 heteroatoms. The summed E-state index contributed by atoms with van der Waals surface area (Å²) in [6.45, 7) is 0.791. The fraction of sp³-hybridized carbons (Fsp3) is 0.214. The number of halogens is 1. The molecule has 0 radical (unpaired) electrons. The minimum absolute atomic E-state index is 0.264. The molecule has 0 fully saturated rings. The summed E-state index contributed by atoms with van der Waals surface area (Å²) in [5.74, 6) is 0.816. The predicted molar refractivity (Wildman–Crippen MR) is 77.5 cm³/mol. The molecule has 4 nitrogen and oxygen atoms in total. The maximum Gasteiger partial charge on any atom is 0.409 e. The second kappa shape index (κ2) is 4.63. The summed E-state index contributed by atoms with van der Waals surface area (Å²) in [6.07, 6.45) is -1.06. The van der Waals surface area contributed by atoms with Crippen molar-refractivity contribution in [3.05, 3.63) is 35.9 Å². The third kappa shape index (κ3) is 1.98. The van der Waals surface area contributed by atoms with Gasteiger partial charge in [-0.1, -0.05) is 24.3 Å². The zero-order valence-electron chi connectivity index (χ0n) is 10.1. The smallest absolute Gasteiger partial charge is 0.409 e. The summed E-state index contributed by atoms with van der Waals surface area (Å²) < 4.78 is 0. The lowest BCUT2D eigenvalue weighted by Crippen LogP contribution is -2.08. The molecule has 98 valence electrons. The van der Waals surface area contributed by atoms with E-state index in [-0.39, 0.29) is 5.92 Å². The lowest BCUT2D eigenvalue weighted by molar-refractivity contribution is 0.210. The van der Waals surface area contributed by atoms with E-state index in [1.807, 2.05) is 30.3 Å². The van der Waals surface area contributed by atoms with E-state index in [1.54, 1.807) is 0 Å². The van der Waals surface area contributed by atoms with Crippen molar-refractivity contribution < 1.29 is 9.90 Å². The second-order valence-corrected chi connectivity index (χ2v) is 4.90. The minimum atomic E-state index is -1.06. The SMILES string of the molecule is O=C(O)Nc1cc2c(c3ccccc13)[C@H](CCl)CN2. The van der Waals surface area contributed by atoms with E-state index in [0.717, 1.165) is 23.0 Å². The first-order valence-electron chi connectivity index (χ1n) is 6.06. The van der Waals surface area contributed by atoms with Crippen molar-refractivity contribution >= 4 is 39.8 Å². The van der Waals surface area contributed by atoms with E-state index >= 15 is 0 Å². The molecule has 0 unspecified atom stereocenters. The summed E-state index contributed by atoms with van der Waals surface area (Å²) in [5.41, 5.74) is 2.75. The van der Waals surface area contributed by atoms with Gasteiger partial charge in [0, 0.05) is 29.4 Å². The molecule has 1 heterocycles. The van der Waals surface area contributed by atoms with Crippen LogP contribution in [0, 0.1) is 0 Å². The summed E-state index contributed by atoms with van der Waals surface area (Å²) in [7, 11) is 0. The molecule has 1 aliphatic heterocycles. The van der Waals surface area contributed by atoms with Crippen molar-refractivity contribution in [2.45, 2.75) is 5.92 Å². The van der Waals surface area contributed by atoms with Crippen LogP contribution < -0.4 is 10.6 Å². The highest BCUT2D eigenvalue weighted by Gasteiger charge is 2.25. The van der Waals surface area contributed by atoms with Crippen molar-refractivity contribution in [1.82, 2.24) is 0 Å². The number of hydrogen-bond acceptors (Lipinski definition) is 2. The zero-order chi connectivity index (χ0) is 13.4. The average molecular weight is 277 g/mol. The number of fused-ring (bicyclic) bond motifs is 3. The molecule has 1 atom stereocenters. The Bertz CT molecular complexity index is 657. The van der Waals surface area contributed by atoms with Crippen LogP contribution in [-0.2, 0) is 0 Å². The standard InChI is InChI=1S/C14H13ClN2O2/c15-6-8-7-16-12-5-11(17-14(18)19)9-3-1-2-4-10(9)13(8)12/h1-5,8,16-17H,6-7H2,(H,18,19)/t8-/m1/s1. The molecule has 3 N–H and O–H groups in total. The number of benzene rings is 2. The van der Waals surface area contributed by atoms with E-state index in [4.69, 9.17) is 16.7 Å². The third-order valence-corrected chi connectivity index (χ3v) is 3.83. The van der Waals surface area contributed by atoms with E-state index in [2.05, 4.69) is 10.6 Å². The lowest BCUT2D eigenvalue weighted by Gasteiger charge is -2.13. The normalized spacial score (nSPS) is 17.0. The van der Waals surface area contributed by atoms with Crippen LogP contribution in [0.25, 0.3) is 10.8 Å². The summed E-state index contributed by atoms with van der Waals surface area (Å²) in [6, 6.07) is 9.63. The third-order valence-electron chi connectivity index (χ3n) is 3.46. The molecule has 1 aliphatic rings. The molecule has 0 saturated carbocycles. The van der Waals surface area contributed by atoms with E-state index < -0.39 is 6.09 Å². The number of rotatable bonds is 2. The van der Waals surface area contributed by atoms with Gasteiger partial charge >= 0.3 is 6.09 Å². The number of hydrogen-bond donors (Lipinski definition) is 3. The minimum Gasteiger partial charge on any atom is -0.465 e. The summed E-state index contributed by atoms with van der Waals surface area (Å²) >= 11 is 6.01. The van der Waals surface area contributed by atoms with Crippen LogP contribution in [0.3, 0.4) is 0 Å². The highest BCUT2D eigenvalue weighted by atomic mass is 35.5. The van der Waals surface area contributed by atoms with Gasteiger partial charge in [-0.05, 0) is 17.0 Å². The molecule has 2 aromatic carbocycles. The van der Waals surface area contributed by atoms with Gasteiger partial charge in [0.2, 0.25) is 0 Å². The van der Waals surface area contributed by atoms with Gasteiger partial charge in [-0.15, -0.1) is 11.6 Å². The first-order chi connectivity index (χ1) is 9.20. The maximum atomic E-state index is 10.9. The molecule has 0 saturated heterocycles. The monoisotopic (exact) mass is 276 g/mol. The van der Waals surface area contributed by atoms with Gasteiger partial charge in [0.15, 0.2) is 0 Å². The molecule has 0 aromatic heterocycles. The summed E-state index contributed by atoms with van der Waals surface area (Å²) in [4.78, 5) is 10.9. The second-order valence-electron chi connectivity index (χ2n) is 4.59. The molecule has 3 rings (SSSR count). The van der Waals surface area contributed by atoms with E-state index in [0.29, 0.717) is 11.6 Å². The predicted octanol–water partition coefficient (Wildman–Crippen LogP) is 3.68. The van der Waals surface area contributed by atoms with Crippen LogP contribution >= 0.6 is 11.6 Å². The molecule has 19 heavy (non-hydrogen) atoms. The summed E-state index contributed by atoms with van der Waals surface area (Å²) in [5, 5.41) is 16.6. The number of nitrogens with one attached hydrogen (secondary N) is 2. The van der Waals surface area contributed by atoms with Crippen LogP contribution in [0.4, 0.5) is 16.2 Å². The Morgan fingerprint density at radius 3 is 2.84 bits per heavy atom. The van der Waals surface area contributed by atoms with Crippen molar-refractivity contribution in [1.29, 1.82) is 0 Å². The number of amides is 1. The quantitative estimate of drug-likeness (QED) is 0.733. The van der Waals surface area contributed by atoms with Crippen LogP contribution in [-0.4, -0.2) is 23.6 Å². The van der Waals surface area contributed by atoms with Crippen molar-refractivity contribution in [3.8, 4) is 0 Å². The Morgan fingerprint density at radius 1 is 1.42 bits per heavy atom. The van der Waals surface area contributed by atoms with Crippen LogP contribution in [0.1, 0.15) is 11.5 Å². The van der Waals surface area contributed by atoms with Gasteiger partial charge in [0.05, 0.1) is 5.69 Å². The topological polar surface area (TPSA) is 61.4 Å². The number of carboxylic acid groups (broad SMARTS) is 1. The van der Waals surface area contributed by atoms with Gasteiger partial charge in [-0.25, -0.2) is 4.79 Å². The largest absolute Gasteiger partial charge is 0.465 e. The molecule has 1 amide bonds. The number of carbonyl (C=O) groups is 1. The average Bonchev–Trinajstić information content (AvgIpc) is 2.81. The lowest BCUT2D eigenvalue weighted by atomic mass is 9.95. The Morgan fingerprint density at radius 2 is 2.16 bits per heavy atom. The zero-order valence-corrected chi connectivity index (χ0v) is 10.9. The number of alkyl halides is 1. The fourth-order valence-corrected chi connectivity index (χ4v) is 2.93. The van der Waals surface area contributed by atoms with E-state index in [9.17, 15) is 4.79 Å². The Labute approximate surface area is 115 Å². The Hall–Kier alpha value is -1.94.